The predicted molar refractivity (Wildman–Crippen MR) is 55.7 cm³/mol. The second-order valence-corrected chi connectivity index (χ2v) is 3.29. The Morgan fingerprint density at radius 2 is 2.54 bits per heavy atom. The van der Waals surface area contributed by atoms with Crippen molar-refractivity contribution in [3.05, 3.63) is 18.3 Å². The number of thioether (sulfide) groups is 1. The lowest BCUT2D eigenvalue weighted by atomic mass is 10.4. The van der Waals surface area contributed by atoms with Gasteiger partial charge in [-0.3, -0.25) is 4.79 Å². The fourth-order valence-corrected chi connectivity index (χ4v) is 1.16. The highest BCUT2D eigenvalue weighted by molar-refractivity contribution is 7.99. The van der Waals surface area contributed by atoms with Crippen LogP contribution in [0.4, 0.5) is 11.5 Å². The van der Waals surface area contributed by atoms with Gasteiger partial charge in [0, 0.05) is 6.20 Å². The summed E-state index contributed by atoms with van der Waals surface area (Å²) < 4.78 is 0. The molecule has 0 aliphatic carbocycles. The van der Waals surface area contributed by atoms with Crippen LogP contribution in [0.15, 0.2) is 18.3 Å². The van der Waals surface area contributed by atoms with E-state index in [0.717, 1.165) is 0 Å². The summed E-state index contributed by atoms with van der Waals surface area (Å²) in [5.74, 6) is 0.759. The Bertz CT molecular complexity index is 303. The third-order valence-corrected chi connectivity index (χ3v) is 1.92. The van der Waals surface area contributed by atoms with E-state index < -0.39 is 0 Å². The largest absolute Gasteiger partial charge is 0.396 e. The molecule has 0 bridgehead atoms. The van der Waals surface area contributed by atoms with E-state index >= 15 is 0 Å². The topological polar surface area (TPSA) is 68.0 Å². The molecule has 0 atom stereocenters. The van der Waals surface area contributed by atoms with E-state index in [1.807, 2.05) is 6.26 Å². The number of anilines is 2. The van der Waals surface area contributed by atoms with Gasteiger partial charge in [-0.25, -0.2) is 4.98 Å². The SMILES string of the molecule is CSCC(=O)Nc1ncccc1N. The first-order chi connectivity index (χ1) is 6.24. The molecule has 1 rings (SSSR count). The van der Waals surface area contributed by atoms with Crippen LogP contribution >= 0.6 is 11.8 Å². The second kappa shape index (κ2) is 4.71. The van der Waals surface area contributed by atoms with E-state index in [1.165, 1.54) is 11.8 Å². The normalized spacial score (nSPS) is 9.62. The zero-order chi connectivity index (χ0) is 9.68. The number of nitrogens with two attached hydrogens (primary N) is 1. The molecule has 1 aromatic rings. The predicted octanol–water partition coefficient (Wildman–Crippen LogP) is 0.965. The minimum Gasteiger partial charge on any atom is -0.396 e. The molecule has 0 spiro atoms. The third-order valence-electron chi connectivity index (χ3n) is 1.37. The van der Waals surface area contributed by atoms with Crippen molar-refractivity contribution < 1.29 is 4.79 Å². The molecule has 1 aromatic heterocycles. The van der Waals surface area contributed by atoms with Gasteiger partial charge in [-0.1, -0.05) is 0 Å². The number of carbonyl (C=O) groups is 1. The monoisotopic (exact) mass is 197 g/mol. The van der Waals surface area contributed by atoms with Gasteiger partial charge in [0.2, 0.25) is 5.91 Å². The number of aromatic nitrogens is 1. The first kappa shape index (κ1) is 9.85. The molecule has 1 heterocycles. The smallest absolute Gasteiger partial charge is 0.235 e. The van der Waals surface area contributed by atoms with Crippen LogP contribution in [-0.2, 0) is 4.79 Å². The molecule has 0 radical (unpaired) electrons. The molecular formula is C8H11N3OS. The number of rotatable bonds is 3. The van der Waals surface area contributed by atoms with Gasteiger partial charge in [0.25, 0.3) is 0 Å². The Labute approximate surface area is 80.9 Å². The molecule has 0 fully saturated rings. The summed E-state index contributed by atoms with van der Waals surface area (Å²) in [5, 5.41) is 2.62. The molecular weight excluding hydrogens is 186 g/mol. The molecule has 0 aliphatic rings. The van der Waals surface area contributed by atoms with E-state index in [9.17, 15) is 4.79 Å². The van der Waals surface area contributed by atoms with Gasteiger partial charge >= 0.3 is 0 Å². The van der Waals surface area contributed by atoms with Gasteiger partial charge < -0.3 is 11.1 Å². The average Bonchev–Trinajstić information content (AvgIpc) is 2.09. The molecule has 13 heavy (non-hydrogen) atoms. The van der Waals surface area contributed by atoms with Crippen LogP contribution in [0.1, 0.15) is 0 Å². The maximum atomic E-state index is 11.1. The summed E-state index contributed by atoms with van der Waals surface area (Å²) >= 11 is 1.45. The number of hydrogen-bond acceptors (Lipinski definition) is 4. The van der Waals surface area contributed by atoms with Crippen molar-refractivity contribution in [2.45, 2.75) is 0 Å². The van der Waals surface area contributed by atoms with Gasteiger partial charge in [0.05, 0.1) is 11.4 Å². The Morgan fingerprint density at radius 1 is 1.77 bits per heavy atom. The molecule has 5 heteroatoms. The molecule has 70 valence electrons. The fourth-order valence-electron chi connectivity index (χ4n) is 0.821. The van der Waals surface area contributed by atoms with Crippen LogP contribution < -0.4 is 11.1 Å². The first-order valence-electron chi connectivity index (χ1n) is 3.73. The lowest BCUT2D eigenvalue weighted by molar-refractivity contribution is -0.113. The number of nitrogens with zero attached hydrogens (tertiary/aromatic N) is 1. The fraction of sp³-hybridized carbons (Fsp3) is 0.250. The summed E-state index contributed by atoms with van der Waals surface area (Å²) in [6.45, 7) is 0. The first-order valence-corrected chi connectivity index (χ1v) is 5.12. The lowest BCUT2D eigenvalue weighted by Crippen LogP contribution is -2.15. The molecule has 0 aromatic carbocycles. The van der Waals surface area contributed by atoms with E-state index in [1.54, 1.807) is 18.3 Å². The zero-order valence-corrected chi connectivity index (χ0v) is 8.10. The summed E-state index contributed by atoms with van der Waals surface area (Å²) in [7, 11) is 0. The van der Waals surface area contributed by atoms with Crippen molar-refractivity contribution in [2.75, 3.05) is 23.1 Å². The highest BCUT2D eigenvalue weighted by atomic mass is 32.2. The number of nitrogens with one attached hydrogen (secondary N) is 1. The molecule has 1 amide bonds. The van der Waals surface area contributed by atoms with Crippen LogP contribution in [0.25, 0.3) is 0 Å². The molecule has 0 aliphatic heterocycles. The summed E-state index contributed by atoms with van der Waals surface area (Å²) in [6, 6.07) is 3.42. The van der Waals surface area contributed by atoms with Gasteiger partial charge in [-0.05, 0) is 18.4 Å². The van der Waals surface area contributed by atoms with Gasteiger partial charge in [0.15, 0.2) is 5.82 Å². The van der Waals surface area contributed by atoms with Crippen LogP contribution in [0.2, 0.25) is 0 Å². The van der Waals surface area contributed by atoms with E-state index in [-0.39, 0.29) is 5.91 Å². The van der Waals surface area contributed by atoms with Gasteiger partial charge in [-0.15, -0.1) is 0 Å². The highest BCUT2D eigenvalue weighted by Gasteiger charge is 2.03. The number of pyridine rings is 1. The summed E-state index contributed by atoms with van der Waals surface area (Å²) in [6.07, 6.45) is 3.45. The maximum Gasteiger partial charge on any atom is 0.235 e. The summed E-state index contributed by atoms with van der Waals surface area (Å²) in [4.78, 5) is 15.1. The number of hydrogen-bond donors (Lipinski definition) is 2. The van der Waals surface area contributed by atoms with Crippen molar-refractivity contribution in [3.8, 4) is 0 Å². The van der Waals surface area contributed by atoms with E-state index in [2.05, 4.69) is 10.3 Å². The molecule has 0 saturated carbocycles. The quantitative estimate of drug-likeness (QED) is 0.757. The number of amides is 1. The number of carbonyl (C=O) groups excluding carboxylic acids is 1. The van der Waals surface area contributed by atoms with Gasteiger partial charge in [0.1, 0.15) is 0 Å². The van der Waals surface area contributed by atoms with Gasteiger partial charge in [-0.2, -0.15) is 11.8 Å². The maximum absolute atomic E-state index is 11.1. The van der Waals surface area contributed by atoms with Crippen molar-refractivity contribution in [1.29, 1.82) is 0 Å². The van der Waals surface area contributed by atoms with E-state index in [4.69, 9.17) is 5.73 Å². The second-order valence-electron chi connectivity index (χ2n) is 2.42. The third kappa shape index (κ3) is 2.95. The van der Waals surface area contributed by atoms with Crippen molar-refractivity contribution in [3.63, 3.8) is 0 Å². The Hall–Kier alpha value is -1.23. The lowest BCUT2D eigenvalue weighted by Gasteiger charge is -2.04. The molecule has 0 unspecified atom stereocenters. The van der Waals surface area contributed by atoms with Crippen molar-refractivity contribution in [2.24, 2.45) is 0 Å². The minimum absolute atomic E-state index is 0.0853. The highest BCUT2D eigenvalue weighted by Crippen LogP contribution is 2.12. The Kier molecular flexibility index (Phi) is 3.57. The Balaban J connectivity index is 2.63. The van der Waals surface area contributed by atoms with Crippen molar-refractivity contribution >= 4 is 29.2 Å². The molecule has 3 N–H and O–H groups in total. The zero-order valence-electron chi connectivity index (χ0n) is 7.28. The minimum atomic E-state index is -0.0853. The Morgan fingerprint density at radius 3 is 3.15 bits per heavy atom. The standard InChI is InChI=1S/C8H11N3OS/c1-13-5-7(12)11-8-6(9)3-2-4-10-8/h2-4H,5,9H2,1H3,(H,10,11,12). The van der Waals surface area contributed by atoms with Crippen molar-refractivity contribution in [1.82, 2.24) is 4.98 Å². The summed E-state index contributed by atoms with van der Waals surface area (Å²) in [5.41, 5.74) is 6.06. The van der Waals surface area contributed by atoms with Crippen LogP contribution in [0.5, 0.6) is 0 Å². The number of nitrogen functional groups attached to an aromatic ring is 1. The van der Waals surface area contributed by atoms with Crippen LogP contribution in [-0.4, -0.2) is 22.9 Å². The molecule has 4 nitrogen and oxygen atoms in total. The average molecular weight is 197 g/mol. The molecule has 0 saturated heterocycles. The van der Waals surface area contributed by atoms with Crippen LogP contribution in [0.3, 0.4) is 0 Å². The van der Waals surface area contributed by atoms with Crippen LogP contribution in [0, 0.1) is 0 Å². The van der Waals surface area contributed by atoms with E-state index in [0.29, 0.717) is 17.3 Å².